The summed E-state index contributed by atoms with van der Waals surface area (Å²) in [5, 5.41) is 4.78. The maximum absolute atomic E-state index is 12.0. The summed E-state index contributed by atoms with van der Waals surface area (Å²) in [5.41, 5.74) is 6.11. The van der Waals surface area contributed by atoms with Gasteiger partial charge < -0.3 is 10.1 Å². The number of imide groups is 1. The summed E-state index contributed by atoms with van der Waals surface area (Å²) in [6.07, 6.45) is 4.61. The molecule has 0 saturated carbocycles. The lowest BCUT2D eigenvalue weighted by molar-refractivity contribution is -0.147. The Balaban J connectivity index is 1.44. The van der Waals surface area contributed by atoms with Crippen molar-refractivity contribution < 1.29 is 19.1 Å². The minimum atomic E-state index is -0.675. The fourth-order valence-corrected chi connectivity index (χ4v) is 3.53. The van der Waals surface area contributed by atoms with Crippen LogP contribution in [-0.4, -0.2) is 24.5 Å². The Morgan fingerprint density at radius 3 is 2.48 bits per heavy atom. The number of nitrogens with one attached hydrogen (secondary N) is 2. The number of urea groups is 1. The number of amides is 3. The Bertz CT molecular complexity index is 936. The number of fused-ring (bicyclic) bond motifs is 1. The van der Waals surface area contributed by atoms with Gasteiger partial charge in [-0.15, -0.1) is 0 Å². The van der Waals surface area contributed by atoms with Gasteiger partial charge in [0.15, 0.2) is 6.61 Å². The van der Waals surface area contributed by atoms with Crippen LogP contribution in [0.4, 0.5) is 10.5 Å². The van der Waals surface area contributed by atoms with Crippen LogP contribution in [-0.2, 0) is 33.6 Å². The Labute approximate surface area is 170 Å². The van der Waals surface area contributed by atoms with Crippen molar-refractivity contribution >= 4 is 23.6 Å². The molecule has 1 aliphatic rings. The van der Waals surface area contributed by atoms with E-state index in [0.29, 0.717) is 5.69 Å². The third-order valence-corrected chi connectivity index (χ3v) is 5.01. The molecule has 1 aliphatic carbocycles. The van der Waals surface area contributed by atoms with Crippen LogP contribution in [0.5, 0.6) is 0 Å². The monoisotopic (exact) mass is 394 g/mol. The smallest absolute Gasteiger partial charge is 0.325 e. The summed E-state index contributed by atoms with van der Waals surface area (Å²) < 4.78 is 5.01. The van der Waals surface area contributed by atoms with Crippen molar-refractivity contribution in [1.29, 1.82) is 0 Å². The van der Waals surface area contributed by atoms with Gasteiger partial charge in [-0.3, -0.25) is 14.9 Å². The number of aryl methyl sites for hydroxylation is 4. The number of hydrogen-bond acceptors (Lipinski definition) is 4. The zero-order valence-electron chi connectivity index (χ0n) is 16.8. The van der Waals surface area contributed by atoms with Crippen LogP contribution in [0.2, 0.25) is 0 Å². The number of benzene rings is 2. The molecule has 0 bridgehead atoms. The molecular weight excluding hydrogens is 368 g/mol. The Kier molecular flexibility index (Phi) is 6.65. The zero-order valence-corrected chi connectivity index (χ0v) is 16.8. The fraction of sp³-hybridized carbons (Fsp3) is 0.348. The third-order valence-electron chi connectivity index (χ3n) is 5.01. The Morgan fingerprint density at radius 2 is 1.72 bits per heavy atom. The normalized spacial score (nSPS) is 12.6. The largest absolute Gasteiger partial charge is 0.455 e. The van der Waals surface area contributed by atoms with Crippen LogP contribution in [0.25, 0.3) is 0 Å². The average molecular weight is 394 g/mol. The van der Waals surface area contributed by atoms with E-state index in [4.69, 9.17) is 4.74 Å². The highest BCUT2D eigenvalue weighted by Crippen LogP contribution is 2.22. The lowest BCUT2D eigenvalue weighted by Crippen LogP contribution is -2.37. The van der Waals surface area contributed by atoms with Gasteiger partial charge in [0.2, 0.25) is 0 Å². The molecule has 0 unspecified atom stereocenters. The summed E-state index contributed by atoms with van der Waals surface area (Å²) in [6, 6.07) is 11.0. The lowest BCUT2D eigenvalue weighted by Gasteiger charge is -2.16. The molecule has 2 N–H and O–H groups in total. The molecule has 0 spiro atoms. The molecule has 6 nitrogen and oxygen atoms in total. The molecule has 2 aromatic rings. The third kappa shape index (κ3) is 5.91. The molecule has 2 aromatic carbocycles. The van der Waals surface area contributed by atoms with E-state index in [-0.39, 0.29) is 6.42 Å². The Hall–Kier alpha value is -3.15. The Morgan fingerprint density at radius 1 is 0.966 bits per heavy atom. The van der Waals surface area contributed by atoms with E-state index in [1.165, 1.54) is 24.0 Å². The maximum atomic E-state index is 12.0. The first-order valence-corrected chi connectivity index (χ1v) is 9.85. The summed E-state index contributed by atoms with van der Waals surface area (Å²) in [4.78, 5) is 35.9. The van der Waals surface area contributed by atoms with Crippen molar-refractivity contribution in [3.8, 4) is 0 Å². The van der Waals surface area contributed by atoms with Gasteiger partial charge in [0.1, 0.15) is 0 Å². The summed E-state index contributed by atoms with van der Waals surface area (Å²) in [6.45, 7) is 3.33. The zero-order chi connectivity index (χ0) is 20.8. The van der Waals surface area contributed by atoms with Gasteiger partial charge in [0.05, 0.1) is 6.42 Å². The van der Waals surface area contributed by atoms with Gasteiger partial charge in [0, 0.05) is 5.69 Å². The van der Waals surface area contributed by atoms with Crippen LogP contribution in [0, 0.1) is 13.8 Å². The van der Waals surface area contributed by atoms with Gasteiger partial charge in [-0.25, -0.2) is 4.79 Å². The molecule has 0 atom stereocenters. The number of ether oxygens (including phenoxy) is 1. The van der Waals surface area contributed by atoms with Crippen LogP contribution >= 0.6 is 0 Å². The molecule has 0 aromatic heterocycles. The van der Waals surface area contributed by atoms with E-state index in [9.17, 15) is 14.4 Å². The van der Waals surface area contributed by atoms with E-state index in [1.807, 2.05) is 38.1 Å². The molecule has 0 fully saturated rings. The van der Waals surface area contributed by atoms with Crippen LogP contribution in [0.3, 0.4) is 0 Å². The van der Waals surface area contributed by atoms with Gasteiger partial charge >= 0.3 is 12.0 Å². The van der Waals surface area contributed by atoms with E-state index < -0.39 is 24.5 Å². The van der Waals surface area contributed by atoms with Crippen LogP contribution < -0.4 is 10.6 Å². The minimum absolute atomic E-state index is 0.106. The van der Waals surface area contributed by atoms with Gasteiger partial charge in [-0.2, -0.15) is 0 Å². The first kappa shape index (κ1) is 20.6. The van der Waals surface area contributed by atoms with Gasteiger partial charge in [0.25, 0.3) is 5.91 Å². The average Bonchev–Trinajstić information content (AvgIpc) is 2.68. The van der Waals surface area contributed by atoms with Crippen LogP contribution in [0.1, 0.15) is 40.7 Å². The molecule has 0 heterocycles. The lowest BCUT2D eigenvalue weighted by atomic mass is 9.90. The molecule has 3 rings (SSSR count). The van der Waals surface area contributed by atoms with E-state index in [2.05, 4.69) is 16.7 Å². The van der Waals surface area contributed by atoms with E-state index in [1.54, 1.807) is 6.07 Å². The number of esters is 1. The number of rotatable bonds is 5. The predicted molar refractivity (Wildman–Crippen MR) is 111 cm³/mol. The van der Waals surface area contributed by atoms with Gasteiger partial charge in [-0.1, -0.05) is 35.9 Å². The molecule has 0 aliphatic heterocycles. The van der Waals surface area contributed by atoms with Crippen molar-refractivity contribution in [3.05, 3.63) is 64.2 Å². The molecule has 152 valence electrons. The number of anilines is 1. The second kappa shape index (κ2) is 9.37. The van der Waals surface area contributed by atoms with Crippen molar-refractivity contribution in [1.82, 2.24) is 5.32 Å². The molecule has 3 amide bonds. The number of hydrogen-bond donors (Lipinski definition) is 2. The van der Waals surface area contributed by atoms with Crippen molar-refractivity contribution in [2.75, 3.05) is 11.9 Å². The van der Waals surface area contributed by atoms with Gasteiger partial charge in [-0.05, 0) is 67.9 Å². The molecular formula is C23H26N2O4. The molecule has 0 radical (unpaired) electrons. The highest BCUT2D eigenvalue weighted by atomic mass is 16.5. The summed E-state index contributed by atoms with van der Waals surface area (Å²) in [5.74, 6) is -1.17. The second-order valence-electron chi connectivity index (χ2n) is 7.47. The maximum Gasteiger partial charge on any atom is 0.325 e. The first-order chi connectivity index (χ1) is 13.9. The van der Waals surface area contributed by atoms with E-state index >= 15 is 0 Å². The summed E-state index contributed by atoms with van der Waals surface area (Å²) >= 11 is 0. The molecule has 6 heteroatoms. The highest BCUT2D eigenvalue weighted by molar-refractivity contribution is 6.02. The predicted octanol–water partition coefficient (Wildman–Crippen LogP) is 3.62. The number of carbonyl (C=O) groups excluding carboxylic acids is 3. The van der Waals surface area contributed by atoms with Crippen molar-refractivity contribution in [2.45, 2.75) is 46.0 Å². The van der Waals surface area contributed by atoms with E-state index in [0.717, 1.165) is 29.5 Å². The topological polar surface area (TPSA) is 84.5 Å². The summed E-state index contributed by atoms with van der Waals surface area (Å²) in [7, 11) is 0. The quantitative estimate of drug-likeness (QED) is 0.759. The standard InChI is InChI=1S/C23H26N2O4/c1-15-7-10-20(16(2)11-15)24-23(28)25-21(26)14-29-22(27)13-17-8-9-18-5-3-4-6-19(18)12-17/h7-12H,3-6,13-14H2,1-2H3,(H2,24,25,26,28). The second-order valence-corrected chi connectivity index (χ2v) is 7.47. The first-order valence-electron chi connectivity index (χ1n) is 9.85. The van der Waals surface area contributed by atoms with Crippen molar-refractivity contribution in [2.24, 2.45) is 0 Å². The molecule has 29 heavy (non-hydrogen) atoms. The minimum Gasteiger partial charge on any atom is -0.455 e. The van der Waals surface area contributed by atoms with Crippen LogP contribution in [0.15, 0.2) is 36.4 Å². The number of carbonyl (C=O) groups is 3. The SMILES string of the molecule is Cc1ccc(NC(=O)NC(=O)COC(=O)Cc2ccc3c(c2)CCCC3)c(C)c1. The molecule has 0 saturated heterocycles. The highest BCUT2D eigenvalue weighted by Gasteiger charge is 2.14. The fourth-order valence-electron chi connectivity index (χ4n) is 3.53. The van der Waals surface area contributed by atoms with Crippen molar-refractivity contribution in [3.63, 3.8) is 0 Å².